The van der Waals surface area contributed by atoms with Crippen LogP contribution in [0.25, 0.3) is 0 Å². The summed E-state index contributed by atoms with van der Waals surface area (Å²) in [5.74, 6) is 1.91. The smallest absolute Gasteiger partial charge is 0.00873 e. The van der Waals surface area contributed by atoms with Gasteiger partial charge in [0.15, 0.2) is 0 Å². The summed E-state index contributed by atoms with van der Waals surface area (Å²) in [7, 11) is 0. The Balaban J connectivity index is 2.17. The minimum atomic E-state index is 0.392. The van der Waals surface area contributed by atoms with Crippen molar-refractivity contribution in [3.8, 4) is 0 Å². The second-order valence-corrected chi connectivity index (χ2v) is 5.81. The largest absolute Gasteiger partial charge is 0.313 e. The number of hydrogen-bond acceptors (Lipinski definition) is 1. The summed E-state index contributed by atoms with van der Waals surface area (Å²) >= 11 is 0. The van der Waals surface area contributed by atoms with Crippen LogP contribution >= 0.6 is 0 Å². The van der Waals surface area contributed by atoms with Crippen LogP contribution in [0.5, 0.6) is 0 Å². The van der Waals surface area contributed by atoms with Gasteiger partial charge in [-0.15, -0.1) is 0 Å². The normalized spacial score (nSPS) is 22.8. The molecule has 1 aliphatic rings. The van der Waals surface area contributed by atoms with Crippen molar-refractivity contribution in [3.63, 3.8) is 0 Å². The van der Waals surface area contributed by atoms with E-state index in [9.17, 15) is 0 Å². The van der Waals surface area contributed by atoms with Crippen LogP contribution in [0.1, 0.15) is 47.5 Å². The topological polar surface area (TPSA) is 12.0 Å². The van der Waals surface area contributed by atoms with Crippen molar-refractivity contribution >= 4 is 0 Å². The quantitative estimate of drug-likeness (QED) is 0.706. The molecule has 0 spiro atoms. The van der Waals surface area contributed by atoms with E-state index in [1.807, 2.05) is 0 Å². The first-order chi connectivity index (χ1) is 5.91. The lowest BCUT2D eigenvalue weighted by Crippen LogP contribution is -2.40. The first kappa shape index (κ1) is 11.0. The van der Waals surface area contributed by atoms with Crippen molar-refractivity contribution in [3.05, 3.63) is 0 Å². The van der Waals surface area contributed by atoms with Gasteiger partial charge < -0.3 is 5.32 Å². The van der Waals surface area contributed by atoms with Gasteiger partial charge in [0.05, 0.1) is 0 Å². The molecule has 1 nitrogen and oxygen atoms in total. The molecule has 13 heavy (non-hydrogen) atoms. The monoisotopic (exact) mass is 183 g/mol. The van der Waals surface area contributed by atoms with Crippen LogP contribution in [-0.4, -0.2) is 12.6 Å². The van der Waals surface area contributed by atoms with E-state index in [4.69, 9.17) is 0 Å². The maximum atomic E-state index is 3.64. The lowest BCUT2D eigenvalue weighted by atomic mass is 9.87. The molecule has 1 aliphatic carbocycles. The zero-order chi connectivity index (χ0) is 10.1. The zero-order valence-corrected chi connectivity index (χ0v) is 9.85. The highest BCUT2D eigenvalue weighted by atomic mass is 14.9. The van der Waals surface area contributed by atoms with E-state index in [0.29, 0.717) is 11.5 Å². The van der Waals surface area contributed by atoms with Gasteiger partial charge in [0.1, 0.15) is 0 Å². The Morgan fingerprint density at radius 1 is 1.23 bits per heavy atom. The van der Waals surface area contributed by atoms with Gasteiger partial charge in [-0.3, -0.25) is 0 Å². The molecule has 1 rings (SSSR count). The Morgan fingerprint density at radius 3 is 2.15 bits per heavy atom. The van der Waals surface area contributed by atoms with Crippen molar-refractivity contribution in [2.45, 2.75) is 53.5 Å². The Hall–Kier alpha value is -0.0400. The molecule has 1 fully saturated rings. The molecule has 0 aliphatic heterocycles. The van der Waals surface area contributed by atoms with E-state index in [1.54, 1.807) is 0 Å². The molecule has 0 saturated heterocycles. The molecule has 78 valence electrons. The molecular weight excluding hydrogens is 158 g/mol. The van der Waals surface area contributed by atoms with E-state index in [2.05, 4.69) is 39.9 Å². The first-order valence-corrected chi connectivity index (χ1v) is 5.64. The maximum Gasteiger partial charge on any atom is 0.00873 e. The molecule has 1 heteroatoms. The van der Waals surface area contributed by atoms with Gasteiger partial charge in [0, 0.05) is 6.04 Å². The molecule has 2 unspecified atom stereocenters. The molecular formula is C12H25N. The van der Waals surface area contributed by atoms with Crippen molar-refractivity contribution in [1.82, 2.24) is 5.32 Å². The fourth-order valence-electron chi connectivity index (χ4n) is 1.50. The van der Waals surface area contributed by atoms with Crippen LogP contribution in [0.3, 0.4) is 0 Å². The Bertz CT molecular complexity index is 153. The molecule has 0 radical (unpaired) electrons. The van der Waals surface area contributed by atoms with Gasteiger partial charge in [-0.25, -0.2) is 0 Å². The molecule has 0 heterocycles. The third-order valence-electron chi connectivity index (χ3n) is 3.47. The van der Waals surface area contributed by atoms with E-state index in [-0.39, 0.29) is 0 Å². The van der Waals surface area contributed by atoms with Crippen LogP contribution in [0.4, 0.5) is 0 Å². The van der Waals surface area contributed by atoms with E-state index < -0.39 is 0 Å². The van der Waals surface area contributed by atoms with Gasteiger partial charge in [-0.1, -0.05) is 27.7 Å². The summed E-state index contributed by atoms with van der Waals surface area (Å²) in [6.45, 7) is 12.8. The third-order valence-corrected chi connectivity index (χ3v) is 3.47. The predicted octanol–water partition coefficient (Wildman–Crippen LogP) is 3.06. The molecule has 1 N–H and O–H groups in total. The number of nitrogens with one attached hydrogen (secondary N) is 1. The summed E-state index contributed by atoms with van der Waals surface area (Å²) in [5, 5.41) is 3.64. The fourth-order valence-corrected chi connectivity index (χ4v) is 1.50. The van der Waals surface area contributed by atoms with Crippen molar-refractivity contribution in [2.75, 3.05) is 6.54 Å². The Kier molecular flexibility index (Phi) is 3.39. The van der Waals surface area contributed by atoms with E-state index >= 15 is 0 Å². The molecule has 0 aromatic carbocycles. The average molecular weight is 183 g/mol. The standard InChI is InChI=1S/C12H25N/c1-9(11-6-7-11)8-13-10(2)12(3,4)5/h9-11,13H,6-8H2,1-5H3. The lowest BCUT2D eigenvalue weighted by Gasteiger charge is -2.29. The fraction of sp³-hybridized carbons (Fsp3) is 1.00. The van der Waals surface area contributed by atoms with Crippen LogP contribution in [0.15, 0.2) is 0 Å². The molecule has 0 aromatic heterocycles. The SMILES string of the molecule is CC(CNC(C)C(C)(C)C)C1CC1. The maximum absolute atomic E-state index is 3.64. The van der Waals surface area contributed by atoms with Gasteiger partial charge in [-0.05, 0) is 43.6 Å². The summed E-state index contributed by atoms with van der Waals surface area (Å²) in [6.07, 6.45) is 2.93. The van der Waals surface area contributed by atoms with Crippen LogP contribution < -0.4 is 5.32 Å². The minimum absolute atomic E-state index is 0.392. The van der Waals surface area contributed by atoms with Gasteiger partial charge >= 0.3 is 0 Å². The first-order valence-electron chi connectivity index (χ1n) is 5.64. The van der Waals surface area contributed by atoms with Crippen LogP contribution in [-0.2, 0) is 0 Å². The van der Waals surface area contributed by atoms with Gasteiger partial charge in [-0.2, -0.15) is 0 Å². The van der Waals surface area contributed by atoms with Crippen molar-refractivity contribution < 1.29 is 0 Å². The Labute approximate surface area is 83.3 Å². The highest BCUT2D eigenvalue weighted by molar-refractivity contribution is 4.82. The van der Waals surface area contributed by atoms with Crippen molar-refractivity contribution in [2.24, 2.45) is 17.3 Å². The molecule has 0 bridgehead atoms. The molecule has 0 amide bonds. The number of hydrogen-bond donors (Lipinski definition) is 1. The summed E-state index contributed by atoms with van der Waals surface area (Å²) in [4.78, 5) is 0. The number of rotatable bonds is 4. The predicted molar refractivity (Wildman–Crippen MR) is 58.8 cm³/mol. The average Bonchev–Trinajstić information content (AvgIpc) is 2.79. The molecule has 1 saturated carbocycles. The highest BCUT2D eigenvalue weighted by Gasteiger charge is 2.28. The van der Waals surface area contributed by atoms with Crippen LogP contribution in [0, 0.1) is 17.3 Å². The second-order valence-electron chi connectivity index (χ2n) is 5.81. The van der Waals surface area contributed by atoms with Crippen LogP contribution in [0.2, 0.25) is 0 Å². The zero-order valence-electron chi connectivity index (χ0n) is 9.85. The second kappa shape index (κ2) is 4.00. The molecule has 2 atom stereocenters. The van der Waals surface area contributed by atoms with Gasteiger partial charge in [0.25, 0.3) is 0 Å². The van der Waals surface area contributed by atoms with E-state index in [1.165, 1.54) is 19.4 Å². The van der Waals surface area contributed by atoms with Gasteiger partial charge in [0.2, 0.25) is 0 Å². The third kappa shape index (κ3) is 3.68. The summed E-state index contributed by atoms with van der Waals surface area (Å²) in [6, 6.07) is 0.619. The van der Waals surface area contributed by atoms with Crippen molar-refractivity contribution in [1.29, 1.82) is 0 Å². The highest BCUT2D eigenvalue weighted by Crippen LogP contribution is 2.36. The molecule has 0 aromatic rings. The minimum Gasteiger partial charge on any atom is -0.313 e. The van der Waals surface area contributed by atoms with E-state index in [0.717, 1.165) is 11.8 Å². The summed E-state index contributed by atoms with van der Waals surface area (Å²) < 4.78 is 0. The lowest BCUT2D eigenvalue weighted by molar-refractivity contribution is 0.271. The summed E-state index contributed by atoms with van der Waals surface area (Å²) in [5.41, 5.74) is 0.392. The Morgan fingerprint density at radius 2 is 1.77 bits per heavy atom.